The maximum Gasteiger partial charge on any atom is 0.123 e. The smallest absolute Gasteiger partial charge is 0.123 e. The van der Waals surface area contributed by atoms with Gasteiger partial charge in [0.05, 0.1) is 7.11 Å². The molecular weight excluding hydrogens is 258 g/mol. The Balaban J connectivity index is 1.96. The number of ether oxygens (including phenoxy) is 1. The average Bonchev–Trinajstić information content (AvgIpc) is 2.48. The van der Waals surface area contributed by atoms with E-state index in [1.165, 1.54) is 22.3 Å². The van der Waals surface area contributed by atoms with Crippen molar-refractivity contribution in [3.63, 3.8) is 0 Å². The van der Waals surface area contributed by atoms with Gasteiger partial charge in [-0.15, -0.1) is 0 Å². The van der Waals surface area contributed by atoms with Crippen LogP contribution in [-0.2, 0) is 6.42 Å². The highest BCUT2D eigenvalue weighted by molar-refractivity contribution is 5.39. The molecule has 1 N–H and O–H groups in total. The molecule has 2 heteroatoms. The molecule has 1 unspecified atom stereocenters. The van der Waals surface area contributed by atoms with Crippen molar-refractivity contribution in [3.05, 3.63) is 64.7 Å². The molecule has 0 amide bonds. The third-order valence-corrected chi connectivity index (χ3v) is 3.96. The fraction of sp³-hybridized carbons (Fsp3) is 0.368. The van der Waals surface area contributed by atoms with Crippen LogP contribution in [0.3, 0.4) is 0 Å². The van der Waals surface area contributed by atoms with Crippen LogP contribution in [0.1, 0.15) is 35.2 Å². The third kappa shape index (κ3) is 4.08. The Hall–Kier alpha value is -1.80. The van der Waals surface area contributed by atoms with Crippen LogP contribution in [0.25, 0.3) is 0 Å². The second kappa shape index (κ2) is 7.28. The molecule has 0 aliphatic carbocycles. The number of hydrogen-bond acceptors (Lipinski definition) is 2. The van der Waals surface area contributed by atoms with Gasteiger partial charge in [-0.05, 0) is 56.5 Å². The number of nitrogens with one attached hydrogen (secondary N) is 1. The molecule has 0 bridgehead atoms. The topological polar surface area (TPSA) is 21.3 Å². The lowest BCUT2D eigenvalue weighted by Gasteiger charge is -2.18. The Morgan fingerprint density at radius 3 is 2.57 bits per heavy atom. The zero-order valence-corrected chi connectivity index (χ0v) is 13.4. The predicted molar refractivity (Wildman–Crippen MR) is 89.0 cm³/mol. The van der Waals surface area contributed by atoms with Crippen molar-refractivity contribution < 1.29 is 4.74 Å². The minimum atomic E-state index is 0.282. The quantitative estimate of drug-likeness (QED) is 0.857. The zero-order chi connectivity index (χ0) is 15.2. The molecule has 0 aromatic heterocycles. The lowest BCUT2D eigenvalue weighted by Crippen LogP contribution is -2.22. The Bertz CT molecular complexity index is 592. The highest BCUT2D eigenvalue weighted by atomic mass is 16.5. The molecule has 2 aromatic rings. The SMILES string of the molecule is COc1cc(C)ccc1C(C)NCCc1ccccc1C. The summed E-state index contributed by atoms with van der Waals surface area (Å²) in [5.74, 6) is 0.964. The van der Waals surface area contributed by atoms with Crippen molar-refractivity contribution in [2.45, 2.75) is 33.2 Å². The first kappa shape index (κ1) is 15.6. The first-order valence-electron chi connectivity index (χ1n) is 7.54. The molecule has 0 saturated heterocycles. The van der Waals surface area contributed by atoms with Gasteiger partial charge in [0.2, 0.25) is 0 Å². The van der Waals surface area contributed by atoms with Gasteiger partial charge in [0, 0.05) is 11.6 Å². The van der Waals surface area contributed by atoms with Crippen LogP contribution >= 0.6 is 0 Å². The van der Waals surface area contributed by atoms with Crippen LogP contribution in [-0.4, -0.2) is 13.7 Å². The summed E-state index contributed by atoms with van der Waals surface area (Å²) >= 11 is 0. The summed E-state index contributed by atoms with van der Waals surface area (Å²) in [4.78, 5) is 0. The summed E-state index contributed by atoms with van der Waals surface area (Å²) < 4.78 is 5.49. The molecule has 2 rings (SSSR count). The number of methoxy groups -OCH3 is 1. The summed E-state index contributed by atoms with van der Waals surface area (Å²) in [6.07, 6.45) is 1.05. The van der Waals surface area contributed by atoms with Gasteiger partial charge in [0.25, 0.3) is 0 Å². The van der Waals surface area contributed by atoms with Crippen LogP contribution in [0.2, 0.25) is 0 Å². The molecule has 0 aliphatic rings. The molecule has 0 radical (unpaired) electrons. The third-order valence-electron chi connectivity index (χ3n) is 3.96. The largest absolute Gasteiger partial charge is 0.496 e. The van der Waals surface area contributed by atoms with E-state index in [0.29, 0.717) is 0 Å². The molecule has 0 spiro atoms. The highest BCUT2D eigenvalue weighted by Crippen LogP contribution is 2.26. The Kier molecular flexibility index (Phi) is 5.40. The number of hydrogen-bond donors (Lipinski definition) is 1. The molecule has 0 fully saturated rings. The molecule has 2 aromatic carbocycles. The minimum Gasteiger partial charge on any atom is -0.496 e. The molecule has 2 nitrogen and oxygen atoms in total. The van der Waals surface area contributed by atoms with Crippen molar-refractivity contribution in [2.75, 3.05) is 13.7 Å². The van der Waals surface area contributed by atoms with E-state index in [1.807, 2.05) is 0 Å². The van der Waals surface area contributed by atoms with E-state index in [2.05, 4.69) is 68.6 Å². The van der Waals surface area contributed by atoms with E-state index in [9.17, 15) is 0 Å². The zero-order valence-electron chi connectivity index (χ0n) is 13.4. The summed E-state index contributed by atoms with van der Waals surface area (Å²) in [5, 5.41) is 3.59. The molecule has 0 saturated carbocycles. The summed E-state index contributed by atoms with van der Waals surface area (Å²) in [7, 11) is 1.73. The maximum absolute atomic E-state index is 5.49. The number of benzene rings is 2. The second-order valence-electron chi connectivity index (χ2n) is 5.60. The van der Waals surface area contributed by atoms with Gasteiger partial charge < -0.3 is 10.1 Å². The molecule has 1 atom stereocenters. The van der Waals surface area contributed by atoms with Crippen molar-refractivity contribution in [1.82, 2.24) is 5.32 Å². The number of aryl methyl sites for hydroxylation is 2. The highest BCUT2D eigenvalue weighted by Gasteiger charge is 2.11. The van der Waals surface area contributed by atoms with Gasteiger partial charge in [0.1, 0.15) is 5.75 Å². The van der Waals surface area contributed by atoms with Gasteiger partial charge in [-0.2, -0.15) is 0 Å². The first-order valence-corrected chi connectivity index (χ1v) is 7.54. The average molecular weight is 283 g/mol. The van der Waals surface area contributed by atoms with E-state index in [-0.39, 0.29) is 6.04 Å². The Labute approximate surface area is 128 Å². The predicted octanol–water partition coefficient (Wildman–Crippen LogP) is 4.21. The molecule has 0 aliphatic heterocycles. The summed E-state index contributed by atoms with van der Waals surface area (Å²) in [6.45, 7) is 7.40. The van der Waals surface area contributed by atoms with Crippen molar-refractivity contribution >= 4 is 0 Å². The van der Waals surface area contributed by atoms with Crippen LogP contribution in [0.5, 0.6) is 5.75 Å². The van der Waals surface area contributed by atoms with E-state index >= 15 is 0 Å². The van der Waals surface area contributed by atoms with E-state index in [0.717, 1.165) is 18.7 Å². The van der Waals surface area contributed by atoms with E-state index in [1.54, 1.807) is 7.11 Å². The molecule has 112 valence electrons. The minimum absolute atomic E-state index is 0.282. The normalized spacial score (nSPS) is 12.2. The summed E-state index contributed by atoms with van der Waals surface area (Å²) in [6, 6.07) is 15.2. The fourth-order valence-corrected chi connectivity index (χ4v) is 2.60. The van der Waals surface area contributed by atoms with Gasteiger partial charge in [0.15, 0.2) is 0 Å². The van der Waals surface area contributed by atoms with Crippen LogP contribution < -0.4 is 10.1 Å². The second-order valence-corrected chi connectivity index (χ2v) is 5.60. The molecule has 21 heavy (non-hydrogen) atoms. The number of rotatable bonds is 6. The fourth-order valence-electron chi connectivity index (χ4n) is 2.60. The lowest BCUT2D eigenvalue weighted by molar-refractivity contribution is 0.401. The van der Waals surface area contributed by atoms with Crippen molar-refractivity contribution in [1.29, 1.82) is 0 Å². The Morgan fingerprint density at radius 2 is 1.86 bits per heavy atom. The lowest BCUT2D eigenvalue weighted by atomic mass is 10.0. The van der Waals surface area contributed by atoms with Gasteiger partial charge in [-0.25, -0.2) is 0 Å². The standard InChI is InChI=1S/C19H25NO/c1-14-9-10-18(19(13-14)21-4)16(3)20-12-11-17-8-6-5-7-15(17)2/h5-10,13,16,20H,11-12H2,1-4H3. The van der Waals surface area contributed by atoms with Gasteiger partial charge >= 0.3 is 0 Å². The van der Waals surface area contributed by atoms with Gasteiger partial charge in [-0.3, -0.25) is 0 Å². The Morgan fingerprint density at radius 1 is 1.10 bits per heavy atom. The molecular formula is C19H25NO. The van der Waals surface area contributed by atoms with Crippen molar-refractivity contribution in [3.8, 4) is 5.75 Å². The van der Waals surface area contributed by atoms with E-state index < -0.39 is 0 Å². The van der Waals surface area contributed by atoms with Crippen molar-refractivity contribution in [2.24, 2.45) is 0 Å². The first-order chi connectivity index (χ1) is 10.1. The molecule has 0 heterocycles. The monoisotopic (exact) mass is 283 g/mol. The summed E-state index contributed by atoms with van der Waals surface area (Å²) in [5.41, 5.74) is 5.21. The van der Waals surface area contributed by atoms with E-state index in [4.69, 9.17) is 4.74 Å². The van der Waals surface area contributed by atoms with Crippen LogP contribution in [0, 0.1) is 13.8 Å². The van der Waals surface area contributed by atoms with Gasteiger partial charge in [-0.1, -0.05) is 36.4 Å². The van der Waals surface area contributed by atoms with Crippen LogP contribution in [0.15, 0.2) is 42.5 Å². The van der Waals surface area contributed by atoms with Crippen LogP contribution in [0.4, 0.5) is 0 Å². The maximum atomic E-state index is 5.49.